The first kappa shape index (κ1) is 19.9. The second-order valence-corrected chi connectivity index (χ2v) is 9.38. The highest BCUT2D eigenvalue weighted by molar-refractivity contribution is 7.97. The Hall–Kier alpha value is -1.83. The van der Waals surface area contributed by atoms with Crippen molar-refractivity contribution in [1.29, 1.82) is 0 Å². The maximum Gasteiger partial charge on any atom is 0.255 e. The van der Waals surface area contributed by atoms with Crippen molar-refractivity contribution in [3.8, 4) is 0 Å². The van der Waals surface area contributed by atoms with E-state index in [9.17, 15) is 13.2 Å². The lowest BCUT2D eigenvalue weighted by atomic mass is 10.1. The normalized spacial score (nSPS) is 15.4. The molecular weight excluding hydrogens is 380 g/mol. The van der Waals surface area contributed by atoms with Crippen molar-refractivity contribution in [2.75, 3.05) is 24.7 Å². The fourth-order valence-electron chi connectivity index (χ4n) is 3.16. The second-order valence-electron chi connectivity index (χ2n) is 6.58. The van der Waals surface area contributed by atoms with Gasteiger partial charge in [0.15, 0.2) is 0 Å². The molecule has 1 heterocycles. The number of benzene rings is 2. The highest BCUT2D eigenvalue weighted by atomic mass is 32.2. The summed E-state index contributed by atoms with van der Waals surface area (Å²) in [4.78, 5) is 12.8. The summed E-state index contributed by atoms with van der Waals surface area (Å²) in [6.45, 7) is 1.11. The summed E-state index contributed by atoms with van der Waals surface area (Å²) >= 11 is 1.69. The van der Waals surface area contributed by atoms with Crippen LogP contribution in [0.3, 0.4) is 0 Å². The maximum atomic E-state index is 12.8. The number of hydrogen-bond donors (Lipinski definition) is 1. The predicted molar refractivity (Wildman–Crippen MR) is 111 cm³/mol. The number of hydrogen-bond acceptors (Lipinski definition) is 4. The van der Waals surface area contributed by atoms with Crippen LogP contribution in [-0.2, 0) is 15.8 Å². The highest BCUT2D eigenvalue weighted by Crippen LogP contribution is 2.23. The Morgan fingerprint density at radius 2 is 1.81 bits per heavy atom. The number of piperidine rings is 1. The van der Waals surface area contributed by atoms with Gasteiger partial charge in [-0.05, 0) is 55.0 Å². The molecule has 144 valence electrons. The fourth-order valence-corrected chi connectivity index (χ4v) is 5.24. The molecule has 1 fully saturated rings. The van der Waals surface area contributed by atoms with Crippen molar-refractivity contribution in [3.05, 3.63) is 59.7 Å². The zero-order valence-corrected chi connectivity index (χ0v) is 17.0. The van der Waals surface area contributed by atoms with Crippen molar-refractivity contribution in [1.82, 2.24) is 4.31 Å². The summed E-state index contributed by atoms with van der Waals surface area (Å²) in [5, 5.41) is 2.81. The molecule has 1 N–H and O–H groups in total. The molecule has 0 radical (unpaired) electrons. The quantitative estimate of drug-likeness (QED) is 0.791. The highest BCUT2D eigenvalue weighted by Gasteiger charge is 2.26. The van der Waals surface area contributed by atoms with E-state index in [1.165, 1.54) is 10.4 Å². The van der Waals surface area contributed by atoms with Crippen molar-refractivity contribution in [2.45, 2.75) is 29.9 Å². The minimum absolute atomic E-state index is 0.221. The zero-order valence-electron chi connectivity index (χ0n) is 15.3. The Bertz CT molecular complexity index is 907. The molecule has 1 saturated heterocycles. The monoisotopic (exact) mass is 404 g/mol. The van der Waals surface area contributed by atoms with Crippen LogP contribution in [0.4, 0.5) is 5.69 Å². The number of carbonyl (C=O) groups excluding carboxylic acids is 1. The standard InChI is InChI=1S/C20H24N2O3S2/c1-26-15-16-7-5-8-17(13-16)20(23)21-18-9-6-10-19(14-18)27(24,25)22-11-3-2-4-12-22/h5-10,13-14H,2-4,11-12,15H2,1H3,(H,21,23). The summed E-state index contributed by atoms with van der Waals surface area (Å²) in [7, 11) is -3.52. The smallest absolute Gasteiger partial charge is 0.255 e. The van der Waals surface area contributed by atoms with Gasteiger partial charge in [0.1, 0.15) is 0 Å². The zero-order chi connectivity index (χ0) is 19.3. The number of sulfonamides is 1. The molecule has 27 heavy (non-hydrogen) atoms. The summed E-state index contributed by atoms with van der Waals surface area (Å²) in [6.07, 6.45) is 4.86. The van der Waals surface area contributed by atoms with E-state index in [1.54, 1.807) is 36.0 Å². The lowest BCUT2D eigenvalue weighted by molar-refractivity contribution is 0.102. The van der Waals surface area contributed by atoms with E-state index in [-0.39, 0.29) is 10.8 Å². The predicted octanol–water partition coefficient (Wildman–Crippen LogP) is 3.98. The fraction of sp³-hybridized carbons (Fsp3) is 0.350. The summed E-state index contributed by atoms with van der Waals surface area (Å²) in [5.74, 6) is 0.593. The van der Waals surface area contributed by atoms with Crippen LogP contribution >= 0.6 is 11.8 Å². The molecule has 7 heteroatoms. The summed E-state index contributed by atoms with van der Waals surface area (Å²) in [5.41, 5.74) is 2.12. The topological polar surface area (TPSA) is 66.5 Å². The van der Waals surface area contributed by atoms with Crippen LogP contribution in [0.15, 0.2) is 53.4 Å². The Morgan fingerprint density at radius 3 is 2.56 bits per heavy atom. The average Bonchev–Trinajstić information content (AvgIpc) is 2.69. The second kappa shape index (κ2) is 8.91. The number of amides is 1. The molecule has 1 amide bonds. The number of thioether (sulfide) groups is 1. The Kier molecular flexibility index (Phi) is 6.57. The van der Waals surface area contributed by atoms with Gasteiger partial charge in [-0.1, -0.05) is 24.6 Å². The number of anilines is 1. The van der Waals surface area contributed by atoms with Gasteiger partial charge in [-0.15, -0.1) is 0 Å². The van der Waals surface area contributed by atoms with Gasteiger partial charge >= 0.3 is 0 Å². The van der Waals surface area contributed by atoms with Gasteiger partial charge in [0.25, 0.3) is 5.91 Å². The maximum absolute atomic E-state index is 12.8. The molecule has 3 rings (SSSR count). The molecule has 0 bridgehead atoms. The largest absolute Gasteiger partial charge is 0.322 e. The molecule has 0 unspecified atom stereocenters. The van der Waals surface area contributed by atoms with E-state index in [0.717, 1.165) is 30.6 Å². The summed E-state index contributed by atoms with van der Waals surface area (Å²) < 4.78 is 27.2. The third kappa shape index (κ3) is 4.91. The van der Waals surface area contributed by atoms with Crippen LogP contribution in [0.1, 0.15) is 35.2 Å². The molecule has 0 saturated carbocycles. The van der Waals surface area contributed by atoms with Gasteiger partial charge in [0.05, 0.1) is 4.90 Å². The molecule has 2 aromatic rings. The van der Waals surface area contributed by atoms with Crippen molar-refractivity contribution in [2.24, 2.45) is 0 Å². The van der Waals surface area contributed by atoms with Crippen LogP contribution in [0.5, 0.6) is 0 Å². The van der Waals surface area contributed by atoms with Gasteiger partial charge in [0, 0.05) is 30.1 Å². The van der Waals surface area contributed by atoms with Crippen molar-refractivity contribution < 1.29 is 13.2 Å². The minimum atomic E-state index is -3.52. The molecule has 0 atom stereocenters. The number of rotatable bonds is 6. The molecule has 1 aliphatic heterocycles. The van der Waals surface area contributed by atoms with E-state index >= 15 is 0 Å². The van der Waals surface area contributed by atoms with E-state index in [4.69, 9.17) is 0 Å². The van der Waals surface area contributed by atoms with E-state index in [0.29, 0.717) is 24.3 Å². The Balaban J connectivity index is 1.77. The molecule has 1 aliphatic rings. The van der Waals surface area contributed by atoms with Crippen LogP contribution in [0.25, 0.3) is 0 Å². The molecule has 0 spiro atoms. The Morgan fingerprint density at radius 1 is 1.07 bits per heavy atom. The first-order valence-corrected chi connectivity index (χ1v) is 11.8. The van der Waals surface area contributed by atoms with Gasteiger partial charge < -0.3 is 5.32 Å². The van der Waals surface area contributed by atoms with Gasteiger partial charge in [-0.3, -0.25) is 4.79 Å². The Labute approximate surface area is 165 Å². The average molecular weight is 405 g/mol. The van der Waals surface area contributed by atoms with Crippen molar-refractivity contribution >= 4 is 33.4 Å². The SMILES string of the molecule is CSCc1cccc(C(=O)Nc2cccc(S(=O)(=O)N3CCCCC3)c2)c1. The first-order valence-electron chi connectivity index (χ1n) is 9.00. The van der Waals surface area contributed by atoms with Gasteiger partial charge in [0.2, 0.25) is 10.0 Å². The molecule has 2 aromatic carbocycles. The molecule has 5 nitrogen and oxygen atoms in total. The van der Waals surface area contributed by atoms with Gasteiger partial charge in [-0.25, -0.2) is 8.42 Å². The third-order valence-electron chi connectivity index (χ3n) is 4.54. The lowest BCUT2D eigenvalue weighted by Crippen LogP contribution is -2.35. The third-order valence-corrected chi connectivity index (χ3v) is 7.06. The summed E-state index contributed by atoms with van der Waals surface area (Å²) in [6, 6.07) is 14.0. The van der Waals surface area contributed by atoms with E-state index in [1.807, 2.05) is 24.5 Å². The van der Waals surface area contributed by atoms with Crippen LogP contribution in [0.2, 0.25) is 0 Å². The molecular formula is C20H24N2O3S2. The minimum Gasteiger partial charge on any atom is -0.322 e. The van der Waals surface area contributed by atoms with E-state index in [2.05, 4.69) is 5.32 Å². The molecule has 0 aliphatic carbocycles. The van der Waals surface area contributed by atoms with E-state index < -0.39 is 10.0 Å². The van der Waals surface area contributed by atoms with Crippen LogP contribution in [0, 0.1) is 0 Å². The van der Waals surface area contributed by atoms with Crippen molar-refractivity contribution in [3.63, 3.8) is 0 Å². The molecule has 0 aromatic heterocycles. The van der Waals surface area contributed by atoms with Crippen LogP contribution in [-0.4, -0.2) is 38.0 Å². The number of nitrogens with zero attached hydrogens (tertiary/aromatic N) is 1. The first-order chi connectivity index (χ1) is 13.0. The lowest BCUT2D eigenvalue weighted by Gasteiger charge is -2.26. The van der Waals surface area contributed by atoms with Gasteiger partial charge in [-0.2, -0.15) is 16.1 Å². The number of carbonyl (C=O) groups is 1. The number of nitrogens with one attached hydrogen (secondary N) is 1. The van der Waals surface area contributed by atoms with Crippen LogP contribution < -0.4 is 5.32 Å².